The first-order valence-electron chi connectivity index (χ1n) is 11.6. The molecule has 4 saturated carbocycles. The fourth-order valence-corrected chi connectivity index (χ4v) is 8.68. The van der Waals surface area contributed by atoms with Gasteiger partial charge in [0.05, 0.1) is 18.3 Å². The van der Waals surface area contributed by atoms with Gasteiger partial charge in [-0.2, -0.15) is 0 Å². The van der Waals surface area contributed by atoms with Gasteiger partial charge in [-0.3, -0.25) is 4.90 Å². The second-order valence-electron chi connectivity index (χ2n) is 11.3. The minimum absolute atomic E-state index is 0.0738. The maximum absolute atomic E-state index is 11.4. The standard InChI is InChI=1S/C23H39NO3/c1-22-8-7-16-15(6-5-14-11-19(25)20(26)13-23(14,16)2)17(22)12-18(21(22)27)24-9-3-4-10-24/h14-21,25-27H,3-13H2,1-2H3/t14-,15?,16-,17-,18-,19?,20?,21-,22-,23-/m0/s1. The zero-order valence-corrected chi connectivity index (χ0v) is 17.2. The van der Waals surface area contributed by atoms with Crippen molar-refractivity contribution in [3.05, 3.63) is 0 Å². The second kappa shape index (κ2) is 6.42. The van der Waals surface area contributed by atoms with Crippen molar-refractivity contribution in [2.24, 2.45) is 34.5 Å². The summed E-state index contributed by atoms with van der Waals surface area (Å²) in [7, 11) is 0. The molecule has 4 aliphatic carbocycles. The molecular weight excluding hydrogens is 338 g/mol. The lowest BCUT2D eigenvalue weighted by Crippen LogP contribution is -2.57. The molecule has 0 bridgehead atoms. The highest BCUT2D eigenvalue weighted by Crippen LogP contribution is 2.66. The highest BCUT2D eigenvalue weighted by atomic mass is 16.3. The summed E-state index contributed by atoms with van der Waals surface area (Å²) in [4.78, 5) is 2.58. The van der Waals surface area contributed by atoms with E-state index in [1.54, 1.807) is 0 Å². The van der Waals surface area contributed by atoms with Crippen LogP contribution in [0.2, 0.25) is 0 Å². The van der Waals surface area contributed by atoms with Gasteiger partial charge in [-0.05, 0) is 105 Å². The van der Waals surface area contributed by atoms with Crippen LogP contribution in [0.1, 0.15) is 71.6 Å². The van der Waals surface area contributed by atoms with Crippen LogP contribution in [0.3, 0.4) is 0 Å². The van der Waals surface area contributed by atoms with Gasteiger partial charge in [-0.25, -0.2) is 0 Å². The fraction of sp³-hybridized carbons (Fsp3) is 1.00. The Balaban J connectivity index is 1.42. The molecule has 1 heterocycles. The summed E-state index contributed by atoms with van der Waals surface area (Å²) >= 11 is 0. The molecule has 154 valence electrons. The van der Waals surface area contributed by atoms with E-state index in [0.29, 0.717) is 29.7 Å². The van der Waals surface area contributed by atoms with Crippen LogP contribution >= 0.6 is 0 Å². The topological polar surface area (TPSA) is 63.9 Å². The zero-order chi connectivity index (χ0) is 19.0. The average Bonchev–Trinajstić information content (AvgIpc) is 3.24. The van der Waals surface area contributed by atoms with Crippen molar-refractivity contribution < 1.29 is 15.3 Å². The normalized spacial score (nSPS) is 58.6. The number of rotatable bonds is 1. The number of fused-ring (bicyclic) bond motifs is 5. The summed E-state index contributed by atoms with van der Waals surface area (Å²) in [6.07, 6.45) is 8.81. The maximum atomic E-state index is 11.4. The van der Waals surface area contributed by atoms with Gasteiger partial charge in [0.25, 0.3) is 0 Å². The van der Waals surface area contributed by atoms with E-state index >= 15 is 0 Å². The van der Waals surface area contributed by atoms with Gasteiger partial charge in [0.15, 0.2) is 0 Å². The van der Waals surface area contributed by atoms with E-state index in [4.69, 9.17) is 0 Å². The molecule has 0 amide bonds. The molecule has 4 nitrogen and oxygen atoms in total. The van der Waals surface area contributed by atoms with E-state index in [2.05, 4.69) is 18.7 Å². The molecule has 5 fully saturated rings. The minimum atomic E-state index is -0.551. The molecule has 0 spiro atoms. The van der Waals surface area contributed by atoms with Crippen molar-refractivity contribution in [1.82, 2.24) is 4.90 Å². The predicted octanol–water partition coefficient (Wildman–Crippen LogP) is 2.80. The van der Waals surface area contributed by atoms with Crippen molar-refractivity contribution in [1.29, 1.82) is 0 Å². The van der Waals surface area contributed by atoms with Crippen LogP contribution in [0.5, 0.6) is 0 Å². The molecule has 0 aromatic rings. The van der Waals surface area contributed by atoms with E-state index in [9.17, 15) is 15.3 Å². The van der Waals surface area contributed by atoms with Gasteiger partial charge in [-0.1, -0.05) is 13.8 Å². The van der Waals surface area contributed by atoms with Crippen molar-refractivity contribution in [3.8, 4) is 0 Å². The number of aliphatic hydroxyl groups excluding tert-OH is 3. The number of nitrogens with zero attached hydrogens (tertiary/aromatic N) is 1. The Morgan fingerprint density at radius 1 is 0.815 bits per heavy atom. The highest BCUT2D eigenvalue weighted by Gasteiger charge is 2.63. The summed E-state index contributed by atoms with van der Waals surface area (Å²) in [5.41, 5.74) is 0.240. The molecule has 0 aromatic carbocycles. The van der Waals surface area contributed by atoms with Crippen molar-refractivity contribution in [2.75, 3.05) is 13.1 Å². The fourth-order valence-electron chi connectivity index (χ4n) is 8.68. The van der Waals surface area contributed by atoms with Crippen molar-refractivity contribution in [3.63, 3.8) is 0 Å². The molecule has 5 rings (SSSR count). The van der Waals surface area contributed by atoms with Crippen LogP contribution in [0.15, 0.2) is 0 Å². The number of hydrogen-bond donors (Lipinski definition) is 3. The molecule has 1 aliphatic heterocycles. The smallest absolute Gasteiger partial charge is 0.0804 e. The quantitative estimate of drug-likeness (QED) is 0.657. The number of hydrogen-bond acceptors (Lipinski definition) is 4. The summed E-state index contributed by atoms with van der Waals surface area (Å²) in [6, 6.07) is 0.366. The lowest BCUT2D eigenvalue weighted by molar-refractivity contribution is -0.163. The van der Waals surface area contributed by atoms with E-state index in [-0.39, 0.29) is 16.9 Å². The lowest BCUT2D eigenvalue weighted by atomic mass is 9.45. The Morgan fingerprint density at radius 2 is 1.56 bits per heavy atom. The van der Waals surface area contributed by atoms with Crippen LogP contribution < -0.4 is 0 Å². The molecule has 10 atom stereocenters. The van der Waals surface area contributed by atoms with Gasteiger partial charge in [0.2, 0.25) is 0 Å². The van der Waals surface area contributed by atoms with E-state index in [1.807, 2.05) is 0 Å². The Labute approximate surface area is 164 Å². The van der Waals surface area contributed by atoms with Crippen LogP contribution in [-0.4, -0.2) is 57.7 Å². The highest BCUT2D eigenvalue weighted by molar-refractivity contribution is 5.13. The van der Waals surface area contributed by atoms with Crippen molar-refractivity contribution in [2.45, 2.75) is 96.0 Å². The molecule has 0 radical (unpaired) electrons. The minimum Gasteiger partial charge on any atom is -0.391 e. The van der Waals surface area contributed by atoms with Crippen molar-refractivity contribution >= 4 is 0 Å². The summed E-state index contributed by atoms with van der Waals surface area (Å²) in [5.74, 6) is 2.52. The first-order chi connectivity index (χ1) is 12.8. The van der Waals surface area contributed by atoms with Gasteiger partial charge >= 0.3 is 0 Å². The summed E-state index contributed by atoms with van der Waals surface area (Å²) in [5, 5.41) is 32.0. The van der Waals surface area contributed by atoms with E-state index in [0.717, 1.165) is 19.3 Å². The van der Waals surface area contributed by atoms with E-state index < -0.39 is 12.2 Å². The molecule has 3 unspecified atom stereocenters. The number of likely N-dealkylation sites (tertiary alicyclic amines) is 1. The first-order valence-corrected chi connectivity index (χ1v) is 11.6. The largest absolute Gasteiger partial charge is 0.391 e. The van der Waals surface area contributed by atoms with Crippen LogP contribution in [0.25, 0.3) is 0 Å². The monoisotopic (exact) mass is 377 g/mol. The molecule has 1 saturated heterocycles. The summed E-state index contributed by atoms with van der Waals surface area (Å²) in [6.45, 7) is 7.13. The number of aliphatic hydroxyl groups is 3. The van der Waals surface area contributed by atoms with Crippen LogP contribution in [-0.2, 0) is 0 Å². The molecule has 3 N–H and O–H groups in total. The molecule has 0 aromatic heterocycles. The molecule has 5 aliphatic rings. The average molecular weight is 378 g/mol. The SMILES string of the molecule is C[C@]12CC(O)C(O)C[C@@H]1CCC1[C@@H]2CC[C@@]2(C)[C@H]1C[C@H](N1CCCC1)[C@@H]2O. The van der Waals surface area contributed by atoms with E-state index in [1.165, 1.54) is 51.6 Å². The Bertz CT molecular complexity index is 578. The lowest BCUT2D eigenvalue weighted by Gasteiger charge is -2.61. The third kappa shape index (κ3) is 2.62. The van der Waals surface area contributed by atoms with Crippen LogP contribution in [0, 0.1) is 34.5 Å². The van der Waals surface area contributed by atoms with Gasteiger partial charge in [-0.15, -0.1) is 0 Å². The summed E-state index contributed by atoms with van der Waals surface area (Å²) < 4.78 is 0. The zero-order valence-electron chi connectivity index (χ0n) is 17.2. The first kappa shape index (κ1) is 18.8. The Hall–Kier alpha value is -0.160. The van der Waals surface area contributed by atoms with Gasteiger partial charge < -0.3 is 15.3 Å². The Kier molecular flexibility index (Phi) is 4.48. The predicted molar refractivity (Wildman–Crippen MR) is 105 cm³/mol. The van der Waals surface area contributed by atoms with Gasteiger partial charge in [0.1, 0.15) is 0 Å². The molecule has 27 heavy (non-hydrogen) atoms. The molecule has 4 heteroatoms. The third-order valence-electron chi connectivity index (χ3n) is 10.3. The maximum Gasteiger partial charge on any atom is 0.0804 e. The van der Waals surface area contributed by atoms with Gasteiger partial charge in [0, 0.05) is 6.04 Å². The second-order valence-corrected chi connectivity index (χ2v) is 11.3. The van der Waals surface area contributed by atoms with Crippen LogP contribution in [0.4, 0.5) is 0 Å². The third-order valence-corrected chi connectivity index (χ3v) is 10.3. The Morgan fingerprint density at radius 3 is 2.30 bits per heavy atom. The molecular formula is C23H39NO3.